The number of carboxylic acid groups (broad SMARTS) is 1. The Morgan fingerprint density at radius 2 is 2.32 bits per heavy atom. The Bertz CT molecular complexity index is 466. The molecule has 104 valence electrons. The van der Waals surface area contributed by atoms with Gasteiger partial charge in [-0.3, -0.25) is 4.79 Å². The van der Waals surface area contributed by atoms with Crippen molar-refractivity contribution in [2.75, 3.05) is 6.54 Å². The van der Waals surface area contributed by atoms with Crippen LogP contribution in [-0.4, -0.2) is 17.6 Å². The average Bonchev–Trinajstić information content (AvgIpc) is 2.61. The van der Waals surface area contributed by atoms with E-state index in [1.165, 1.54) is 0 Å². The van der Waals surface area contributed by atoms with Gasteiger partial charge in [-0.1, -0.05) is 32.8 Å². The predicted octanol–water partition coefficient (Wildman–Crippen LogP) is 2.28. The first kappa shape index (κ1) is 14.1. The second-order valence-corrected chi connectivity index (χ2v) is 7.10. The van der Waals surface area contributed by atoms with Gasteiger partial charge < -0.3 is 10.8 Å². The van der Waals surface area contributed by atoms with Gasteiger partial charge in [0.25, 0.3) is 0 Å². The van der Waals surface area contributed by atoms with E-state index in [1.807, 2.05) is 20.8 Å². The molecule has 0 aliphatic heterocycles. The van der Waals surface area contributed by atoms with Crippen LogP contribution >= 0.6 is 0 Å². The van der Waals surface area contributed by atoms with Gasteiger partial charge in [-0.2, -0.15) is 0 Å². The van der Waals surface area contributed by atoms with E-state index in [2.05, 4.69) is 12.0 Å². The van der Waals surface area contributed by atoms with E-state index < -0.39 is 11.9 Å². The molecule has 0 bridgehead atoms. The summed E-state index contributed by atoms with van der Waals surface area (Å²) in [6.45, 7) is 6.36. The van der Waals surface area contributed by atoms with Crippen molar-refractivity contribution >= 4 is 5.97 Å². The maximum absolute atomic E-state index is 11.8. The number of hydrogen-bond acceptors (Lipinski definition) is 2. The number of fused-ring (bicyclic) bond motifs is 1. The van der Waals surface area contributed by atoms with Gasteiger partial charge in [0.15, 0.2) is 0 Å². The van der Waals surface area contributed by atoms with E-state index in [-0.39, 0.29) is 16.7 Å². The molecule has 3 heteroatoms. The normalized spacial score (nSPS) is 34.8. The SMILES string of the molecule is C#CC1=C[C@@H]2[C@@H](C1)C[C@]2(CN)C(C(=O)O)C(C)(C)C. The van der Waals surface area contributed by atoms with Crippen LogP contribution in [-0.2, 0) is 4.79 Å². The van der Waals surface area contributed by atoms with E-state index in [1.54, 1.807) is 0 Å². The second-order valence-electron chi connectivity index (χ2n) is 7.10. The highest BCUT2D eigenvalue weighted by Gasteiger charge is 2.62. The van der Waals surface area contributed by atoms with Gasteiger partial charge in [-0.05, 0) is 42.2 Å². The lowest BCUT2D eigenvalue weighted by atomic mass is 9.46. The monoisotopic (exact) mass is 261 g/mol. The Balaban J connectivity index is 2.38. The molecule has 0 aromatic carbocycles. The van der Waals surface area contributed by atoms with Crippen LogP contribution < -0.4 is 5.73 Å². The molecule has 1 unspecified atom stereocenters. The lowest BCUT2D eigenvalue weighted by Crippen LogP contribution is -2.59. The van der Waals surface area contributed by atoms with Gasteiger partial charge in [0.2, 0.25) is 0 Å². The standard InChI is InChI=1S/C16H23NO2/c1-5-10-6-11-8-16(9-17,12(11)7-10)13(14(18)19)15(2,3)4/h1,7,11-13H,6,8-9,17H2,2-4H3,(H,18,19)/t11-,12+,13?,16+/m0/s1. The first-order chi connectivity index (χ1) is 8.76. The molecule has 1 fully saturated rings. The van der Waals surface area contributed by atoms with Crippen molar-refractivity contribution in [1.82, 2.24) is 0 Å². The Labute approximate surface area is 115 Å². The van der Waals surface area contributed by atoms with Crippen LogP contribution in [0.25, 0.3) is 0 Å². The third kappa shape index (κ3) is 1.99. The largest absolute Gasteiger partial charge is 0.481 e. The van der Waals surface area contributed by atoms with Crippen molar-refractivity contribution in [1.29, 1.82) is 0 Å². The van der Waals surface area contributed by atoms with E-state index in [4.69, 9.17) is 12.2 Å². The minimum atomic E-state index is -0.737. The quantitative estimate of drug-likeness (QED) is 0.766. The first-order valence-electron chi connectivity index (χ1n) is 6.86. The summed E-state index contributed by atoms with van der Waals surface area (Å²) in [6, 6.07) is 0. The molecule has 0 heterocycles. The molecule has 0 aromatic heterocycles. The Morgan fingerprint density at radius 3 is 2.74 bits per heavy atom. The molecule has 4 atom stereocenters. The van der Waals surface area contributed by atoms with Crippen LogP contribution in [0.1, 0.15) is 33.6 Å². The van der Waals surface area contributed by atoms with Crippen molar-refractivity contribution in [3.8, 4) is 12.3 Å². The number of aliphatic carboxylic acids is 1. The molecule has 2 aliphatic carbocycles. The topological polar surface area (TPSA) is 63.3 Å². The number of carbonyl (C=O) groups is 1. The summed E-state index contributed by atoms with van der Waals surface area (Å²) >= 11 is 0. The molecule has 2 aliphatic rings. The molecule has 1 saturated carbocycles. The minimum absolute atomic E-state index is 0.240. The van der Waals surface area contributed by atoms with Crippen molar-refractivity contribution in [3.63, 3.8) is 0 Å². The number of rotatable bonds is 3. The highest BCUT2D eigenvalue weighted by atomic mass is 16.4. The fourth-order valence-electron chi connectivity index (χ4n) is 4.36. The fraction of sp³-hybridized carbons (Fsp3) is 0.688. The summed E-state index contributed by atoms with van der Waals surface area (Å²) in [5.74, 6) is 2.28. The molecular weight excluding hydrogens is 238 g/mol. The number of nitrogens with two attached hydrogens (primary N) is 1. The summed E-state index contributed by atoms with van der Waals surface area (Å²) in [5, 5.41) is 9.67. The Hall–Kier alpha value is -1.27. The number of terminal acetylenes is 1. The molecule has 0 spiro atoms. The third-order valence-electron chi connectivity index (χ3n) is 4.93. The lowest BCUT2D eigenvalue weighted by molar-refractivity contribution is -0.166. The molecule has 0 radical (unpaired) electrons. The Morgan fingerprint density at radius 1 is 1.68 bits per heavy atom. The van der Waals surface area contributed by atoms with Crippen LogP contribution in [0.15, 0.2) is 11.6 Å². The van der Waals surface area contributed by atoms with Crippen molar-refractivity contribution in [3.05, 3.63) is 11.6 Å². The van der Waals surface area contributed by atoms with Gasteiger partial charge >= 0.3 is 5.97 Å². The summed E-state index contributed by atoms with van der Waals surface area (Å²) in [5.41, 5.74) is 6.39. The number of allylic oxidation sites excluding steroid dienone is 2. The smallest absolute Gasteiger partial charge is 0.307 e. The molecule has 0 saturated heterocycles. The van der Waals surface area contributed by atoms with Crippen LogP contribution in [0, 0.1) is 40.9 Å². The van der Waals surface area contributed by atoms with Crippen LogP contribution in [0.3, 0.4) is 0 Å². The van der Waals surface area contributed by atoms with Crippen LogP contribution in [0.5, 0.6) is 0 Å². The maximum Gasteiger partial charge on any atom is 0.307 e. The highest BCUT2D eigenvalue weighted by molar-refractivity contribution is 5.73. The van der Waals surface area contributed by atoms with E-state index in [0.717, 1.165) is 18.4 Å². The first-order valence-corrected chi connectivity index (χ1v) is 6.86. The molecule has 19 heavy (non-hydrogen) atoms. The van der Waals surface area contributed by atoms with E-state index in [9.17, 15) is 9.90 Å². The van der Waals surface area contributed by atoms with Crippen molar-refractivity contribution in [2.24, 2.45) is 34.3 Å². The average molecular weight is 261 g/mol. The van der Waals surface area contributed by atoms with Gasteiger partial charge in [-0.25, -0.2) is 0 Å². The van der Waals surface area contributed by atoms with Crippen LogP contribution in [0.4, 0.5) is 0 Å². The van der Waals surface area contributed by atoms with E-state index >= 15 is 0 Å². The minimum Gasteiger partial charge on any atom is -0.481 e. The summed E-state index contributed by atoms with van der Waals surface area (Å²) in [7, 11) is 0. The van der Waals surface area contributed by atoms with E-state index in [0.29, 0.717) is 12.5 Å². The molecule has 3 nitrogen and oxygen atoms in total. The zero-order chi connectivity index (χ0) is 14.4. The number of hydrogen-bond donors (Lipinski definition) is 2. The molecule has 3 N–H and O–H groups in total. The molecule has 0 amide bonds. The zero-order valence-electron chi connectivity index (χ0n) is 11.9. The highest BCUT2D eigenvalue weighted by Crippen LogP contribution is 2.63. The van der Waals surface area contributed by atoms with Gasteiger partial charge in [-0.15, -0.1) is 6.42 Å². The summed E-state index contributed by atoms with van der Waals surface area (Å²) in [4.78, 5) is 11.8. The Kier molecular flexibility index (Phi) is 3.26. The third-order valence-corrected chi connectivity index (χ3v) is 4.93. The fourth-order valence-corrected chi connectivity index (χ4v) is 4.36. The van der Waals surface area contributed by atoms with Gasteiger partial charge in [0.1, 0.15) is 0 Å². The summed E-state index contributed by atoms with van der Waals surface area (Å²) in [6.07, 6.45) is 9.37. The summed E-state index contributed by atoms with van der Waals surface area (Å²) < 4.78 is 0. The maximum atomic E-state index is 11.8. The van der Waals surface area contributed by atoms with Crippen LogP contribution in [0.2, 0.25) is 0 Å². The second kappa shape index (κ2) is 4.38. The lowest BCUT2D eigenvalue weighted by Gasteiger charge is -2.57. The molecule has 0 aromatic rings. The zero-order valence-corrected chi connectivity index (χ0v) is 11.9. The number of carboxylic acids is 1. The van der Waals surface area contributed by atoms with Gasteiger partial charge in [0, 0.05) is 5.41 Å². The predicted molar refractivity (Wildman–Crippen MR) is 75.2 cm³/mol. The molecule has 2 rings (SSSR count). The van der Waals surface area contributed by atoms with Crippen molar-refractivity contribution in [2.45, 2.75) is 33.6 Å². The van der Waals surface area contributed by atoms with Gasteiger partial charge in [0.05, 0.1) is 5.92 Å². The van der Waals surface area contributed by atoms with Crippen molar-refractivity contribution < 1.29 is 9.90 Å². The molecular formula is C16H23NO2.